The fourth-order valence-corrected chi connectivity index (χ4v) is 3.73. The SMILES string of the molecule is C1=Nn2c(Cc3ccccc3)nnc2Sc2nc3ccccc3cc21. The Kier molecular flexibility index (Phi) is 3.34. The first-order chi connectivity index (χ1) is 12.4. The van der Waals surface area contributed by atoms with Crippen molar-refractivity contribution in [3.63, 3.8) is 0 Å². The van der Waals surface area contributed by atoms with Gasteiger partial charge in [-0.15, -0.1) is 10.2 Å². The third kappa shape index (κ3) is 2.60. The minimum absolute atomic E-state index is 0.692. The maximum absolute atomic E-state index is 4.76. The molecule has 0 bridgehead atoms. The number of pyridine rings is 1. The van der Waals surface area contributed by atoms with Gasteiger partial charge < -0.3 is 0 Å². The van der Waals surface area contributed by atoms with Crippen molar-refractivity contribution in [1.29, 1.82) is 0 Å². The molecule has 5 nitrogen and oxygen atoms in total. The highest BCUT2D eigenvalue weighted by atomic mass is 32.2. The number of para-hydroxylation sites is 1. The summed E-state index contributed by atoms with van der Waals surface area (Å²) >= 11 is 1.50. The van der Waals surface area contributed by atoms with Crippen LogP contribution in [-0.4, -0.2) is 26.1 Å². The number of hydrogen-bond donors (Lipinski definition) is 0. The van der Waals surface area contributed by atoms with Gasteiger partial charge in [0.1, 0.15) is 5.03 Å². The molecule has 3 heterocycles. The predicted molar refractivity (Wildman–Crippen MR) is 98.1 cm³/mol. The zero-order chi connectivity index (χ0) is 16.6. The van der Waals surface area contributed by atoms with Gasteiger partial charge in [-0.2, -0.15) is 9.78 Å². The number of benzene rings is 2. The molecule has 2 aromatic heterocycles. The second-order valence-electron chi connectivity index (χ2n) is 5.80. The molecule has 2 aromatic carbocycles. The maximum atomic E-state index is 4.76. The average Bonchev–Trinajstić information content (AvgIpc) is 2.92. The van der Waals surface area contributed by atoms with Crippen LogP contribution in [0, 0.1) is 0 Å². The van der Waals surface area contributed by atoms with Crippen molar-refractivity contribution in [2.24, 2.45) is 5.10 Å². The quantitative estimate of drug-likeness (QED) is 0.490. The molecule has 0 saturated carbocycles. The van der Waals surface area contributed by atoms with Crippen LogP contribution in [0.1, 0.15) is 17.0 Å². The maximum Gasteiger partial charge on any atom is 0.218 e. The summed E-state index contributed by atoms with van der Waals surface area (Å²) in [6.07, 6.45) is 2.54. The van der Waals surface area contributed by atoms with Gasteiger partial charge in [-0.1, -0.05) is 48.5 Å². The van der Waals surface area contributed by atoms with E-state index in [-0.39, 0.29) is 0 Å². The fourth-order valence-electron chi connectivity index (χ4n) is 2.86. The lowest BCUT2D eigenvalue weighted by Gasteiger charge is -2.03. The van der Waals surface area contributed by atoms with Gasteiger partial charge in [0, 0.05) is 17.4 Å². The van der Waals surface area contributed by atoms with Crippen LogP contribution in [-0.2, 0) is 6.42 Å². The van der Waals surface area contributed by atoms with Crippen LogP contribution in [0.15, 0.2) is 75.9 Å². The summed E-state index contributed by atoms with van der Waals surface area (Å²) in [7, 11) is 0. The molecular formula is C19H13N5S. The number of nitrogens with zero attached hydrogens (tertiary/aromatic N) is 5. The lowest BCUT2D eigenvalue weighted by Crippen LogP contribution is -2.00. The Morgan fingerprint density at radius 3 is 2.68 bits per heavy atom. The fraction of sp³-hybridized carbons (Fsp3) is 0.0526. The van der Waals surface area contributed by atoms with Crippen LogP contribution >= 0.6 is 11.8 Å². The van der Waals surface area contributed by atoms with E-state index in [4.69, 9.17) is 4.98 Å². The normalized spacial score (nSPS) is 12.6. The molecule has 25 heavy (non-hydrogen) atoms. The molecule has 0 unspecified atom stereocenters. The highest BCUT2D eigenvalue weighted by Crippen LogP contribution is 2.32. The average molecular weight is 343 g/mol. The standard InChI is InChI=1S/C19H13N5S/c1-2-6-13(7-3-1)10-17-22-23-19-24(17)20-12-15-11-14-8-4-5-9-16(14)21-18(15)25-19/h1-9,11-12H,10H2. The van der Waals surface area contributed by atoms with Gasteiger partial charge in [-0.25, -0.2) is 4.98 Å². The third-order valence-corrected chi connectivity index (χ3v) is 5.06. The number of hydrogen-bond acceptors (Lipinski definition) is 5. The van der Waals surface area contributed by atoms with E-state index in [0.717, 1.165) is 32.5 Å². The van der Waals surface area contributed by atoms with Gasteiger partial charge in [-0.3, -0.25) is 0 Å². The summed E-state index contributed by atoms with van der Waals surface area (Å²) in [5, 5.41) is 16.0. The molecule has 0 radical (unpaired) electrons. The van der Waals surface area contributed by atoms with Crippen molar-refractivity contribution in [3.05, 3.63) is 77.6 Å². The molecule has 1 aliphatic heterocycles. The molecule has 0 fully saturated rings. The molecule has 0 spiro atoms. The highest BCUT2D eigenvalue weighted by molar-refractivity contribution is 7.99. The Hall–Kier alpha value is -2.99. The summed E-state index contributed by atoms with van der Waals surface area (Å²) < 4.78 is 1.81. The summed E-state index contributed by atoms with van der Waals surface area (Å²) in [5.41, 5.74) is 3.16. The van der Waals surface area contributed by atoms with Crippen molar-refractivity contribution in [2.75, 3.05) is 0 Å². The van der Waals surface area contributed by atoms with E-state index in [0.29, 0.717) is 6.42 Å². The highest BCUT2D eigenvalue weighted by Gasteiger charge is 2.19. The van der Waals surface area contributed by atoms with Gasteiger partial charge in [0.15, 0.2) is 5.82 Å². The van der Waals surface area contributed by atoms with E-state index in [1.165, 1.54) is 17.3 Å². The van der Waals surface area contributed by atoms with Crippen molar-refractivity contribution < 1.29 is 0 Å². The number of rotatable bonds is 2. The molecule has 0 amide bonds. The van der Waals surface area contributed by atoms with Crippen molar-refractivity contribution >= 4 is 28.9 Å². The molecule has 0 N–H and O–H groups in total. The largest absolute Gasteiger partial charge is 0.240 e. The molecule has 0 saturated heterocycles. The molecular weight excluding hydrogens is 330 g/mol. The van der Waals surface area contributed by atoms with Crippen LogP contribution in [0.25, 0.3) is 10.9 Å². The Morgan fingerprint density at radius 1 is 0.920 bits per heavy atom. The molecule has 0 aliphatic carbocycles. The Morgan fingerprint density at radius 2 is 1.76 bits per heavy atom. The summed E-state index contributed by atoms with van der Waals surface area (Å²) in [5.74, 6) is 0.822. The van der Waals surface area contributed by atoms with Gasteiger partial charge in [0.05, 0.1) is 11.7 Å². The topological polar surface area (TPSA) is 56.0 Å². The molecule has 4 aromatic rings. The van der Waals surface area contributed by atoms with E-state index in [9.17, 15) is 0 Å². The van der Waals surface area contributed by atoms with Gasteiger partial charge >= 0.3 is 0 Å². The number of aromatic nitrogens is 4. The smallest absolute Gasteiger partial charge is 0.218 e. The van der Waals surface area contributed by atoms with E-state index in [2.05, 4.69) is 39.6 Å². The number of fused-ring (bicyclic) bond motifs is 3. The summed E-state index contributed by atoms with van der Waals surface area (Å²) in [6, 6.07) is 20.4. The molecule has 1 aliphatic rings. The Balaban J connectivity index is 1.56. The van der Waals surface area contributed by atoms with Crippen LogP contribution < -0.4 is 0 Å². The van der Waals surface area contributed by atoms with Crippen LogP contribution in [0.2, 0.25) is 0 Å². The summed E-state index contributed by atoms with van der Waals surface area (Å²) in [6.45, 7) is 0. The van der Waals surface area contributed by atoms with Crippen molar-refractivity contribution in [1.82, 2.24) is 19.9 Å². The first-order valence-corrected chi connectivity index (χ1v) is 8.79. The van der Waals surface area contributed by atoms with E-state index in [1.807, 2.05) is 47.3 Å². The molecule has 5 rings (SSSR count). The molecule has 120 valence electrons. The first kappa shape index (κ1) is 14.4. The zero-order valence-corrected chi connectivity index (χ0v) is 14.0. The Bertz CT molecular complexity index is 1100. The van der Waals surface area contributed by atoms with Crippen LogP contribution in [0.3, 0.4) is 0 Å². The van der Waals surface area contributed by atoms with E-state index >= 15 is 0 Å². The van der Waals surface area contributed by atoms with Crippen LogP contribution in [0.4, 0.5) is 0 Å². The molecule has 6 heteroatoms. The van der Waals surface area contributed by atoms with Gasteiger partial charge in [-0.05, 0) is 29.5 Å². The van der Waals surface area contributed by atoms with Gasteiger partial charge in [0.2, 0.25) is 5.16 Å². The second-order valence-corrected chi connectivity index (χ2v) is 6.75. The monoisotopic (exact) mass is 343 g/mol. The van der Waals surface area contributed by atoms with Crippen molar-refractivity contribution in [2.45, 2.75) is 16.6 Å². The Labute approximate surface area is 148 Å². The van der Waals surface area contributed by atoms with Crippen LogP contribution in [0.5, 0.6) is 0 Å². The van der Waals surface area contributed by atoms with Crippen molar-refractivity contribution in [3.8, 4) is 0 Å². The van der Waals surface area contributed by atoms with E-state index < -0.39 is 0 Å². The minimum Gasteiger partial charge on any atom is -0.240 e. The lowest BCUT2D eigenvalue weighted by atomic mass is 10.1. The molecule has 0 atom stereocenters. The third-order valence-electron chi connectivity index (χ3n) is 4.10. The predicted octanol–water partition coefficient (Wildman–Crippen LogP) is 3.76. The first-order valence-electron chi connectivity index (χ1n) is 7.97. The minimum atomic E-state index is 0.692. The summed E-state index contributed by atoms with van der Waals surface area (Å²) in [4.78, 5) is 4.76. The lowest BCUT2D eigenvalue weighted by molar-refractivity contribution is 0.731. The zero-order valence-electron chi connectivity index (χ0n) is 13.2. The van der Waals surface area contributed by atoms with Gasteiger partial charge in [0.25, 0.3) is 0 Å². The second kappa shape index (κ2) is 5.82. The van der Waals surface area contributed by atoms with E-state index in [1.54, 1.807) is 0 Å².